The first-order valence-electron chi connectivity index (χ1n) is 6.83. The fourth-order valence-corrected chi connectivity index (χ4v) is 4.48. The smallest absolute Gasteiger partial charge is 0.244 e. The van der Waals surface area contributed by atoms with Gasteiger partial charge in [-0.05, 0) is 38.6 Å². The Morgan fingerprint density at radius 2 is 2.14 bits per heavy atom. The standard InChI is InChI=1S/C14H21ClN2O3S/c1-14(2)10-17(6-7-20-14)21(18,19)13-8-11(9-16-3)4-5-12(13)15/h4-5,8,16H,6-7,9-10H2,1-3H3. The number of nitrogens with zero attached hydrogens (tertiary/aromatic N) is 1. The van der Waals surface area contributed by atoms with Gasteiger partial charge in [0.2, 0.25) is 10.0 Å². The molecule has 0 saturated carbocycles. The molecule has 0 unspecified atom stereocenters. The van der Waals surface area contributed by atoms with Crippen LogP contribution in [-0.2, 0) is 21.3 Å². The van der Waals surface area contributed by atoms with E-state index in [0.29, 0.717) is 26.2 Å². The molecule has 2 rings (SSSR count). The molecule has 1 aliphatic heterocycles. The van der Waals surface area contributed by atoms with Gasteiger partial charge in [0.1, 0.15) is 4.90 Å². The number of hydrogen-bond donors (Lipinski definition) is 1. The zero-order valence-corrected chi connectivity index (χ0v) is 14.1. The van der Waals surface area contributed by atoms with Crippen molar-refractivity contribution in [1.82, 2.24) is 9.62 Å². The van der Waals surface area contributed by atoms with Gasteiger partial charge in [-0.15, -0.1) is 0 Å². The Hall–Kier alpha value is -0.660. The molecule has 0 radical (unpaired) electrons. The molecule has 0 bridgehead atoms. The van der Waals surface area contributed by atoms with Crippen molar-refractivity contribution >= 4 is 21.6 Å². The lowest BCUT2D eigenvalue weighted by Crippen LogP contribution is -2.50. The topological polar surface area (TPSA) is 58.6 Å². The van der Waals surface area contributed by atoms with E-state index in [-0.39, 0.29) is 9.92 Å². The molecule has 1 aromatic carbocycles. The summed E-state index contributed by atoms with van der Waals surface area (Å²) in [6.07, 6.45) is 0. The normalized spacial score (nSPS) is 19.6. The SMILES string of the molecule is CNCc1ccc(Cl)c(S(=O)(=O)N2CCOC(C)(C)C2)c1. The van der Waals surface area contributed by atoms with Crippen molar-refractivity contribution in [3.63, 3.8) is 0 Å². The quantitative estimate of drug-likeness (QED) is 0.914. The van der Waals surface area contributed by atoms with E-state index in [4.69, 9.17) is 16.3 Å². The molecule has 1 saturated heterocycles. The summed E-state index contributed by atoms with van der Waals surface area (Å²) < 4.78 is 32.7. The molecule has 1 aliphatic rings. The number of ether oxygens (including phenoxy) is 1. The minimum atomic E-state index is -3.61. The largest absolute Gasteiger partial charge is 0.373 e. The van der Waals surface area contributed by atoms with Gasteiger partial charge in [0.05, 0.1) is 17.2 Å². The van der Waals surface area contributed by atoms with Gasteiger partial charge in [-0.2, -0.15) is 4.31 Å². The average molecular weight is 333 g/mol. The summed E-state index contributed by atoms with van der Waals surface area (Å²) >= 11 is 6.11. The monoisotopic (exact) mass is 332 g/mol. The molecule has 1 aromatic rings. The number of morpholine rings is 1. The Labute approximate surface area is 131 Å². The molecule has 5 nitrogen and oxygen atoms in total. The molecule has 1 fully saturated rings. The first-order chi connectivity index (χ1) is 9.76. The van der Waals surface area contributed by atoms with Gasteiger partial charge in [-0.25, -0.2) is 8.42 Å². The molecule has 0 aromatic heterocycles. The predicted octanol–water partition coefficient (Wildman–Crippen LogP) is 1.86. The maximum Gasteiger partial charge on any atom is 0.244 e. The highest BCUT2D eigenvalue weighted by Gasteiger charge is 2.35. The highest BCUT2D eigenvalue weighted by Crippen LogP contribution is 2.29. The number of halogens is 1. The summed E-state index contributed by atoms with van der Waals surface area (Å²) in [7, 11) is -1.80. The maximum atomic E-state index is 12.8. The summed E-state index contributed by atoms with van der Waals surface area (Å²) in [6, 6.07) is 5.09. The van der Waals surface area contributed by atoms with Crippen molar-refractivity contribution in [2.24, 2.45) is 0 Å². The second-order valence-electron chi connectivity index (χ2n) is 5.74. The summed E-state index contributed by atoms with van der Waals surface area (Å²) in [5.74, 6) is 0. The van der Waals surface area contributed by atoms with Crippen LogP contribution >= 0.6 is 11.6 Å². The molecule has 0 amide bonds. The summed E-state index contributed by atoms with van der Waals surface area (Å²) in [5.41, 5.74) is 0.397. The zero-order chi connectivity index (χ0) is 15.7. The number of sulfonamides is 1. The minimum Gasteiger partial charge on any atom is -0.373 e. The molecule has 1 heterocycles. The van der Waals surface area contributed by atoms with Crippen molar-refractivity contribution in [1.29, 1.82) is 0 Å². The molecule has 7 heteroatoms. The lowest BCUT2D eigenvalue weighted by molar-refractivity contribution is -0.0640. The number of rotatable bonds is 4. The average Bonchev–Trinajstić information content (AvgIpc) is 2.40. The minimum absolute atomic E-state index is 0.162. The summed E-state index contributed by atoms with van der Waals surface area (Å²) in [5, 5.41) is 3.25. The van der Waals surface area contributed by atoms with Gasteiger partial charge in [-0.1, -0.05) is 17.7 Å². The van der Waals surface area contributed by atoms with Crippen LogP contribution in [0.1, 0.15) is 19.4 Å². The van der Waals surface area contributed by atoms with Gasteiger partial charge < -0.3 is 10.1 Å². The van der Waals surface area contributed by atoms with E-state index in [9.17, 15) is 8.42 Å². The molecule has 0 atom stereocenters. The molecular weight excluding hydrogens is 312 g/mol. The fourth-order valence-electron chi connectivity index (χ4n) is 2.38. The van der Waals surface area contributed by atoms with E-state index in [1.807, 2.05) is 27.0 Å². The Morgan fingerprint density at radius 1 is 1.43 bits per heavy atom. The highest BCUT2D eigenvalue weighted by molar-refractivity contribution is 7.89. The van der Waals surface area contributed by atoms with Gasteiger partial charge in [0.15, 0.2) is 0 Å². The number of nitrogens with one attached hydrogen (secondary N) is 1. The third-order valence-electron chi connectivity index (χ3n) is 3.38. The van der Waals surface area contributed by atoms with Crippen LogP contribution in [0.4, 0.5) is 0 Å². The van der Waals surface area contributed by atoms with Crippen molar-refractivity contribution in [2.45, 2.75) is 30.9 Å². The Balaban J connectivity index is 2.37. The van der Waals surface area contributed by atoms with Crippen LogP contribution in [0.2, 0.25) is 5.02 Å². The first-order valence-corrected chi connectivity index (χ1v) is 8.65. The summed E-state index contributed by atoms with van der Waals surface area (Å²) in [4.78, 5) is 0.162. The van der Waals surface area contributed by atoms with Crippen LogP contribution in [0.15, 0.2) is 23.1 Å². The van der Waals surface area contributed by atoms with E-state index in [2.05, 4.69) is 5.32 Å². The van der Waals surface area contributed by atoms with Crippen molar-refractivity contribution in [2.75, 3.05) is 26.7 Å². The third-order valence-corrected chi connectivity index (χ3v) is 5.71. The lowest BCUT2D eigenvalue weighted by atomic mass is 10.1. The molecule has 0 spiro atoms. The van der Waals surface area contributed by atoms with Crippen LogP contribution < -0.4 is 5.32 Å². The van der Waals surface area contributed by atoms with Crippen molar-refractivity contribution in [3.05, 3.63) is 28.8 Å². The summed E-state index contributed by atoms with van der Waals surface area (Å²) in [6.45, 7) is 5.41. The maximum absolute atomic E-state index is 12.8. The molecule has 21 heavy (non-hydrogen) atoms. The Bertz CT molecular complexity index is 617. The number of hydrogen-bond acceptors (Lipinski definition) is 4. The van der Waals surface area contributed by atoms with E-state index in [1.54, 1.807) is 12.1 Å². The van der Waals surface area contributed by atoms with E-state index < -0.39 is 15.6 Å². The number of benzene rings is 1. The molecule has 1 N–H and O–H groups in total. The second-order valence-corrected chi connectivity index (χ2v) is 8.06. The molecule has 118 valence electrons. The van der Waals surface area contributed by atoms with E-state index >= 15 is 0 Å². The van der Waals surface area contributed by atoms with Crippen LogP contribution in [-0.4, -0.2) is 45.1 Å². The first kappa shape index (κ1) is 16.7. The Morgan fingerprint density at radius 3 is 2.76 bits per heavy atom. The van der Waals surface area contributed by atoms with E-state index in [0.717, 1.165) is 5.56 Å². The third kappa shape index (κ3) is 3.76. The highest BCUT2D eigenvalue weighted by atomic mass is 35.5. The van der Waals surface area contributed by atoms with Gasteiger partial charge in [0, 0.05) is 19.6 Å². The zero-order valence-electron chi connectivity index (χ0n) is 12.5. The van der Waals surface area contributed by atoms with Crippen molar-refractivity contribution in [3.8, 4) is 0 Å². The van der Waals surface area contributed by atoms with Crippen LogP contribution in [0, 0.1) is 0 Å². The fraction of sp³-hybridized carbons (Fsp3) is 0.571. The van der Waals surface area contributed by atoms with Crippen LogP contribution in [0.3, 0.4) is 0 Å². The van der Waals surface area contributed by atoms with E-state index in [1.165, 1.54) is 4.31 Å². The Kier molecular flexibility index (Phi) is 4.95. The van der Waals surface area contributed by atoms with Gasteiger partial charge in [-0.3, -0.25) is 0 Å². The van der Waals surface area contributed by atoms with Gasteiger partial charge in [0.25, 0.3) is 0 Å². The van der Waals surface area contributed by atoms with Crippen molar-refractivity contribution < 1.29 is 13.2 Å². The predicted molar refractivity (Wildman–Crippen MR) is 83.0 cm³/mol. The van der Waals surface area contributed by atoms with Crippen LogP contribution in [0.25, 0.3) is 0 Å². The molecular formula is C14H21ClN2O3S. The molecule has 0 aliphatic carbocycles. The second kappa shape index (κ2) is 6.22. The van der Waals surface area contributed by atoms with Crippen LogP contribution in [0.5, 0.6) is 0 Å². The lowest BCUT2D eigenvalue weighted by Gasteiger charge is -2.37. The van der Waals surface area contributed by atoms with Gasteiger partial charge >= 0.3 is 0 Å².